The molecule has 1 atom stereocenters. The molecular formula is C22H38N4O4. The second-order valence-electron chi connectivity index (χ2n) is 8.57. The number of furan rings is 1. The first kappa shape index (κ1) is 24.1. The average molecular weight is 423 g/mol. The Balaban J connectivity index is 1.70. The highest BCUT2D eigenvalue weighted by Crippen LogP contribution is 2.19. The SMILES string of the molecule is CCNC(=NCC1CCCN(C(=O)OC(C)(C)C)C1)NCCCOCc1ccco1. The standard InChI is InChI=1S/C22H38N4O4/c1-5-23-20(24-11-8-13-28-17-19-10-7-14-29-19)25-15-18-9-6-12-26(16-18)21(27)30-22(2,3)4/h7,10,14,18H,5-6,8-9,11-13,15-17H2,1-4H3,(H2,23,24,25). The van der Waals surface area contributed by atoms with Crippen molar-refractivity contribution >= 4 is 12.1 Å². The fourth-order valence-electron chi connectivity index (χ4n) is 3.22. The van der Waals surface area contributed by atoms with Crippen LogP contribution >= 0.6 is 0 Å². The number of rotatable bonds is 9. The molecule has 0 spiro atoms. The lowest BCUT2D eigenvalue weighted by molar-refractivity contribution is 0.0170. The summed E-state index contributed by atoms with van der Waals surface area (Å²) in [5.41, 5.74) is -0.466. The second kappa shape index (κ2) is 12.5. The highest BCUT2D eigenvalue weighted by atomic mass is 16.6. The lowest BCUT2D eigenvalue weighted by Gasteiger charge is -2.33. The highest BCUT2D eigenvalue weighted by Gasteiger charge is 2.27. The Morgan fingerprint density at radius 3 is 2.90 bits per heavy atom. The van der Waals surface area contributed by atoms with Crippen molar-refractivity contribution in [3.8, 4) is 0 Å². The van der Waals surface area contributed by atoms with Crippen molar-refractivity contribution < 1.29 is 18.7 Å². The maximum atomic E-state index is 12.3. The van der Waals surface area contributed by atoms with Crippen LogP contribution in [0.2, 0.25) is 0 Å². The van der Waals surface area contributed by atoms with Gasteiger partial charge in [0.2, 0.25) is 0 Å². The van der Waals surface area contributed by atoms with Gasteiger partial charge in [0, 0.05) is 39.3 Å². The molecule has 2 heterocycles. The van der Waals surface area contributed by atoms with Gasteiger partial charge < -0.3 is 29.4 Å². The Morgan fingerprint density at radius 2 is 2.20 bits per heavy atom. The number of piperidine rings is 1. The van der Waals surface area contributed by atoms with Crippen LogP contribution in [0, 0.1) is 5.92 Å². The van der Waals surface area contributed by atoms with Gasteiger partial charge in [0.1, 0.15) is 18.0 Å². The quantitative estimate of drug-likeness (QED) is 0.360. The first-order chi connectivity index (χ1) is 14.4. The topological polar surface area (TPSA) is 88.3 Å². The van der Waals surface area contributed by atoms with E-state index in [1.165, 1.54) is 0 Å². The third-order valence-corrected chi connectivity index (χ3v) is 4.60. The zero-order valence-electron chi connectivity index (χ0n) is 18.9. The van der Waals surface area contributed by atoms with Gasteiger partial charge in [0.25, 0.3) is 0 Å². The second-order valence-corrected chi connectivity index (χ2v) is 8.57. The number of aliphatic imine (C=N–C) groups is 1. The molecule has 1 amide bonds. The van der Waals surface area contributed by atoms with E-state index in [0.717, 1.165) is 50.6 Å². The Morgan fingerprint density at radius 1 is 1.37 bits per heavy atom. The van der Waals surface area contributed by atoms with Crippen LogP contribution in [0.3, 0.4) is 0 Å². The summed E-state index contributed by atoms with van der Waals surface area (Å²) in [5.74, 6) is 1.99. The van der Waals surface area contributed by atoms with Crippen LogP contribution in [0.1, 0.15) is 52.7 Å². The van der Waals surface area contributed by atoms with E-state index in [9.17, 15) is 4.79 Å². The maximum Gasteiger partial charge on any atom is 0.410 e. The molecule has 170 valence electrons. The number of hydrogen-bond donors (Lipinski definition) is 2. The van der Waals surface area contributed by atoms with Crippen LogP contribution in [-0.2, 0) is 16.1 Å². The molecule has 30 heavy (non-hydrogen) atoms. The van der Waals surface area contributed by atoms with Crippen molar-refractivity contribution in [2.45, 2.75) is 59.2 Å². The van der Waals surface area contributed by atoms with E-state index in [4.69, 9.17) is 18.9 Å². The molecule has 2 N–H and O–H groups in total. The van der Waals surface area contributed by atoms with E-state index >= 15 is 0 Å². The van der Waals surface area contributed by atoms with Gasteiger partial charge in [-0.1, -0.05) is 0 Å². The zero-order valence-corrected chi connectivity index (χ0v) is 18.9. The van der Waals surface area contributed by atoms with E-state index in [-0.39, 0.29) is 6.09 Å². The molecule has 0 aromatic carbocycles. The summed E-state index contributed by atoms with van der Waals surface area (Å²) in [6.07, 6.45) is 4.36. The van der Waals surface area contributed by atoms with E-state index in [1.54, 1.807) is 6.26 Å². The van der Waals surface area contributed by atoms with Gasteiger partial charge in [-0.3, -0.25) is 4.99 Å². The van der Waals surface area contributed by atoms with E-state index in [1.807, 2.05) is 37.8 Å². The molecule has 1 saturated heterocycles. The van der Waals surface area contributed by atoms with Crippen molar-refractivity contribution in [3.05, 3.63) is 24.2 Å². The zero-order chi connectivity index (χ0) is 21.8. The normalized spacial score (nSPS) is 17.7. The predicted octanol–water partition coefficient (Wildman–Crippen LogP) is 3.39. The van der Waals surface area contributed by atoms with Gasteiger partial charge in [-0.25, -0.2) is 4.79 Å². The number of ether oxygens (including phenoxy) is 2. The molecule has 8 nitrogen and oxygen atoms in total. The van der Waals surface area contributed by atoms with Crippen LogP contribution in [0.5, 0.6) is 0 Å². The Labute approximate surface area is 180 Å². The summed E-state index contributed by atoms with van der Waals surface area (Å²) in [5, 5.41) is 6.63. The lowest BCUT2D eigenvalue weighted by atomic mass is 9.98. The van der Waals surface area contributed by atoms with Gasteiger partial charge in [0.15, 0.2) is 5.96 Å². The number of guanidine groups is 1. The van der Waals surface area contributed by atoms with Gasteiger partial charge in [0.05, 0.1) is 6.26 Å². The molecule has 1 aromatic rings. The molecule has 1 unspecified atom stereocenters. The number of likely N-dealkylation sites (tertiary alicyclic amines) is 1. The Hall–Kier alpha value is -2.22. The predicted molar refractivity (Wildman–Crippen MR) is 117 cm³/mol. The summed E-state index contributed by atoms with van der Waals surface area (Å²) in [6.45, 7) is 12.6. The molecule has 0 bridgehead atoms. The van der Waals surface area contributed by atoms with E-state index in [0.29, 0.717) is 32.2 Å². The molecule has 8 heteroatoms. The largest absolute Gasteiger partial charge is 0.467 e. The summed E-state index contributed by atoms with van der Waals surface area (Å²) in [7, 11) is 0. The number of nitrogens with one attached hydrogen (secondary N) is 2. The molecule has 1 aliphatic rings. The first-order valence-corrected chi connectivity index (χ1v) is 11.0. The van der Waals surface area contributed by atoms with Crippen molar-refractivity contribution in [3.63, 3.8) is 0 Å². The molecule has 2 rings (SSSR count). The van der Waals surface area contributed by atoms with Gasteiger partial charge in [-0.15, -0.1) is 0 Å². The van der Waals surface area contributed by atoms with E-state index in [2.05, 4.69) is 17.6 Å². The minimum absolute atomic E-state index is 0.226. The fourth-order valence-corrected chi connectivity index (χ4v) is 3.22. The number of nitrogens with zero attached hydrogens (tertiary/aromatic N) is 2. The molecule has 1 aliphatic heterocycles. The molecule has 0 radical (unpaired) electrons. The van der Waals surface area contributed by atoms with Gasteiger partial charge in [-0.05, 0) is 65.0 Å². The van der Waals surface area contributed by atoms with Crippen molar-refractivity contribution in [1.82, 2.24) is 15.5 Å². The number of carbonyl (C=O) groups is 1. The third-order valence-electron chi connectivity index (χ3n) is 4.60. The van der Waals surface area contributed by atoms with Crippen LogP contribution in [-0.4, -0.2) is 61.9 Å². The average Bonchev–Trinajstić information content (AvgIpc) is 3.21. The monoisotopic (exact) mass is 422 g/mol. The minimum Gasteiger partial charge on any atom is -0.467 e. The van der Waals surface area contributed by atoms with Crippen molar-refractivity contribution in [2.75, 3.05) is 39.3 Å². The van der Waals surface area contributed by atoms with Gasteiger partial charge >= 0.3 is 6.09 Å². The Kier molecular flexibility index (Phi) is 10.00. The summed E-state index contributed by atoms with van der Waals surface area (Å²) in [4.78, 5) is 18.9. The van der Waals surface area contributed by atoms with Crippen LogP contribution < -0.4 is 10.6 Å². The van der Waals surface area contributed by atoms with E-state index < -0.39 is 5.60 Å². The van der Waals surface area contributed by atoms with Crippen LogP contribution in [0.15, 0.2) is 27.8 Å². The summed E-state index contributed by atoms with van der Waals surface area (Å²) >= 11 is 0. The summed E-state index contributed by atoms with van der Waals surface area (Å²) in [6, 6.07) is 3.77. The molecule has 0 aliphatic carbocycles. The number of hydrogen-bond acceptors (Lipinski definition) is 5. The minimum atomic E-state index is -0.466. The molecule has 0 saturated carbocycles. The number of carbonyl (C=O) groups excluding carboxylic acids is 1. The fraction of sp³-hybridized carbons (Fsp3) is 0.727. The lowest BCUT2D eigenvalue weighted by Crippen LogP contribution is -2.44. The highest BCUT2D eigenvalue weighted by molar-refractivity contribution is 5.79. The third kappa shape index (κ3) is 9.52. The van der Waals surface area contributed by atoms with Crippen LogP contribution in [0.25, 0.3) is 0 Å². The van der Waals surface area contributed by atoms with Gasteiger partial charge in [-0.2, -0.15) is 0 Å². The molecule has 1 fully saturated rings. The summed E-state index contributed by atoms with van der Waals surface area (Å²) < 4.78 is 16.4. The molecule has 1 aromatic heterocycles. The first-order valence-electron chi connectivity index (χ1n) is 11.0. The number of amides is 1. The molecular weight excluding hydrogens is 384 g/mol. The van der Waals surface area contributed by atoms with Crippen LogP contribution in [0.4, 0.5) is 4.79 Å². The van der Waals surface area contributed by atoms with Crippen molar-refractivity contribution in [2.24, 2.45) is 10.9 Å². The smallest absolute Gasteiger partial charge is 0.410 e. The maximum absolute atomic E-state index is 12.3. The van der Waals surface area contributed by atoms with Crippen molar-refractivity contribution in [1.29, 1.82) is 0 Å². The Bertz CT molecular complexity index is 640.